The molecule has 0 spiro atoms. The lowest BCUT2D eigenvalue weighted by Crippen LogP contribution is -2.45. The highest BCUT2D eigenvalue weighted by Crippen LogP contribution is 2.19. The Morgan fingerprint density at radius 3 is 1.96 bits per heavy atom. The molecule has 7 nitrogen and oxygen atoms in total. The number of esters is 1. The van der Waals surface area contributed by atoms with E-state index in [4.69, 9.17) is 4.74 Å². The number of nitrogens with zero attached hydrogens (tertiary/aromatic N) is 1. The SMILES string of the molecule is C=CCCC[C@H](Cc1ccccc1)C(=O)OC[C@H](Cc1ccccc1)NC(=O)[C@H](CC=C)CC(=O)N(CCO)Cc1ccccc1. The number of rotatable bonds is 21. The number of carbonyl (C=O) groups excluding carboxylic acids is 3. The number of unbranched alkanes of at least 4 members (excludes halogenated alkanes) is 1. The lowest BCUT2D eigenvalue weighted by atomic mass is 9.94. The fourth-order valence-electron chi connectivity index (χ4n) is 5.42. The second kappa shape index (κ2) is 20.5. The summed E-state index contributed by atoms with van der Waals surface area (Å²) < 4.78 is 5.90. The van der Waals surface area contributed by atoms with Crippen molar-refractivity contribution in [2.24, 2.45) is 11.8 Å². The molecule has 7 heteroatoms. The molecule has 3 atom stereocenters. The van der Waals surface area contributed by atoms with E-state index >= 15 is 0 Å². The molecular formula is C39H48N2O5. The van der Waals surface area contributed by atoms with Crippen LogP contribution < -0.4 is 5.32 Å². The molecular weight excluding hydrogens is 576 g/mol. The first-order chi connectivity index (χ1) is 22.4. The predicted octanol–water partition coefficient (Wildman–Crippen LogP) is 6.08. The van der Waals surface area contributed by atoms with Crippen molar-refractivity contribution in [3.63, 3.8) is 0 Å². The van der Waals surface area contributed by atoms with E-state index in [0.717, 1.165) is 29.5 Å². The number of hydrogen-bond donors (Lipinski definition) is 2. The van der Waals surface area contributed by atoms with Crippen molar-refractivity contribution in [1.82, 2.24) is 10.2 Å². The normalized spacial score (nSPS) is 12.7. The number of nitrogens with one attached hydrogen (secondary N) is 1. The summed E-state index contributed by atoms with van der Waals surface area (Å²) >= 11 is 0. The minimum atomic E-state index is -0.666. The summed E-state index contributed by atoms with van der Waals surface area (Å²) in [6.07, 6.45) is 7.10. The van der Waals surface area contributed by atoms with Crippen LogP contribution in [-0.2, 0) is 38.5 Å². The number of aliphatic hydroxyl groups excluding tert-OH is 1. The van der Waals surface area contributed by atoms with Crippen molar-refractivity contribution in [1.29, 1.82) is 0 Å². The van der Waals surface area contributed by atoms with Gasteiger partial charge in [-0.2, -0.15) is 0 Å². The van der Waals surface area contributed by atoms with Crippen LogP contribution in [0.5, 0.6) is 0 Å². The average molecular weight is 625 g/mol. The van der Waals surface area contributed by atoms with Gasteiger partial charge in [0.05, 0.1) is 24.5 Å². The summed E-state index contributed by atoms with van der Waals surface area (Å²) in [7, 11) is 0. The molecule has 0 radical (unpaired) electrons. The maximum absolute atomic E-state index is 13.7. The minimum Gasteiger partial charge on any atom is -0.463 e. The van der Waals surface area contributed by atoms with Crippen LogP contribution in [0.1, 0.15) is 48.8 Å². The Hall–Kier alpha value is -4.49. The standard InChI is InChI=1S/C39H48N2O5/c1-3-5-9-23-35(26-31-17-10-6-11-18-31)39(45)46-30-36(27-32-19-12-7-13-20-32)40-38(44)34(16-4-2)28-37(43)41(24-25-42)29-33-21-14-8-15-22-33/h3-4,6-8,10-15,17-22,34-36,42H,1-2,5,9,16,23-30H2,(H,40,44)/t34-,35-,36+/m1/s1. The average Bonchev–Trinajstić information content (AvgIpc) is 3.07. The molecule has 0 fully saturated rings. The molecule has 0 heterocycles. The topological polar surface area (TPSA) is 95.9 Å². The van der Waals surface area contributed by atoms with Gasteiger partial charge in [0.25, 0.3) is 0 Å². The summed E-state index contributed by atoms with van der Waals surface area (Å²) in [6, 6.07) is 28.7. The van der Waals surface area contributed by atoms with E-state index < -0.39 is 12.0 Å². The van der Waals surface area contributed by atoms with Crippen molar-refractivity contribution in [3.8, 4) is 0 Å². The Labute approximate surface area is 274 Å². The Morgan fingerprint density at radius 2 is 1.39 bits per heavy atom. The molecule has 0 saturated heterocycles. The molecule has 3 aromatic carbocycles. The lowest BCUT2D eigenvalue weighted by Gasteiger charge is -2.26. The first-order valence-corrected chi connectivity index (χ1v) is 16.1. The summed E-state index contributed by atoms with van der Waals surface area (Å²) in [6.45, 7) is 7.94. The highest BCUT2D eigenvalue weighted by molar-refractivity contribution is 5.86. The van der Waals surface area contributed by atoms with Gasteiger partial charge >= 0.3 is 5.97 Å². The molecule has 0 saturated carbocycles. The fraction of sp³-hybridized carbons (Fsp3) is 0.359. The molecule has 0 aliphatic carbocycles. The van der Waals surface area contributed by atoms with Crippen LogP contribution in [0.15, 0.2) is 116 Å². The maximum atomic E-state index is 13.7. The quantitative estimate of drug-likeness (QED) is 0.0852. The predicted molar refractivity (Wildman–Crippen MR) is 183 cm³/mol. The van der Waals surface area contributed by atoms with Gasteiger partial charge < -0.3 is 20.1 Å². The molecule has 0 aliphatic heterocycles. The number of aliphatic hydroxyl groups is 1. The fourth-order valence-corrected chi connectivity index (χ4v) is 5.42. The van der Waals surface area contributed by atoms with Crippen LogP contribution in [0.3, 0.4) is 0 Å². The van der Waals surface area contributed by atoms with Crippen LogP contribution >= 0.6 is 0 Å². The summed E-state index contributed by atoms with van der Waals surface area (Å²) in [5.41, 5.74) is 2.99. The zero-order valence-electron chi connectivity index (χ0n) is 26.8. The molecule has 0 unspecified atom stereocenters. The van der Waals surface area contributed by atoms with Gasteiger partial charge in [-0.05, 0) is 55.2 Å². The maximum Gasteiger partial charge on any atom is 0.309 e. The molecule has 3 rings (SSSR count). The van der Waals surface area contributed by atoms with Gasteiger partial charge in [0.15, 0.2) is 0 Å². The zero-order chi connectivity index (χ0) is 33.0. The van der Waals surface area contributed by atoms with Gasteiger partial charge in [0.2, 0.25) is 11.8 Å². The first kappa shape index (κ1) is 36.0. The van der Waals surface area contributed by atoms with E-state index in [2.05, 4.69) is 18.5 Å². The third-order valence-corrected chi connectivity index (χ3v) is 7.90. The van der Waals surface area contributed by atoms with Gasteiger partial charge in [0.1, 0.15) is 6.61 Å². The molecule has 46 heavy (non-hydrogen) atoms. The van der Waals surface area contributed by atoms with Crippen LogP contribution in [-0.4, -0.2) is 53.6 Å². The first-order valence-electron chi connectivity index (χ1n) is 16.1. The zero-order valence-corrected chi connectivity index (χ0v) is 26.8. The molecule has 2 amide bonds. The molecule has 0 aromatic heterocycles. The lowest BCUT2D eigenvalue weighted by molar-refractivity contribution is -0.150. The minimum absolute atomic E-state index is 0.00557. The third kappa shape index (κ3) is 12.9. The van der Waals surface area contributed by atoms with Gasteiger partial charge in [-0.3, -0.25) is 14.4 Å². The van der Waals surface area contributed by atoms with Crippen LogP contribution in [0.25, 0.3) is 0 Å². The highest BCUT2D eigenvalue weighted by Gasteiger charge is 2.27. The Bertz CT molecular complexity index is 1350. The molecule has 3 aromatic rings. The largest absolute Gasteiger partial charge is 0.463 e. The van der Waals surface area contributed by atoms with E-state index in [-0.39, 0.29) is 49.9 Å². The van der Waals surface area contributed by atoms with Gasteiger partial charge in [-0.25, -0.2) is 0 Å². The van der Waals surface area contributed by atoms with Crippen LogP contribution in [0.4, 0.5) is 0 Å². The third-order valence-electron chi connectivity index (χ3n) is 7.90. The number of benzene rings is 3. The summed E-state index contributed by atoms with van der Waals surface area (Å²) in [5, 5.41) is 12.7. The number of allylic oxidation sites excluding steroid dienone is 2. The van der Waals surface area contributed by atoms with E-state index in [1.54, 1.807) is 11.0 Å². The van der Waals surface area contributed by atoms with Crippen molar-refractivity contribution in [2.75, 3.05) is 19.8 Å². The second-order valence-electron chi connectivity index (χ2n) is 11.6. The smallest absolute Gasteiger partial charge is 0.309 e. The second-order valence-corrected chi connectivity index (χ2v) is 11.6. The highest BCUT2D eigenvalue weighted by atomic mass is 16.5. The van der Waals surface area contributed by atoms with Crippen molar-refractivity contribution in [2.45, 2.75) is 57.5 Å². The van der Waals surface area contributed by atoms with E-state index in [0.29, 0.717) is 32.2 Å². The molecule has 244 valence electrons. The van der Waals surface area contributed by atoms with Crippen LogP contribution in [0, 0.1) is 11.8 Å². The monoisotopic (exact) mass is 624 g/mol. The number of amides is 2. The van der Waals surface area contributed by atoms with Crippen molar-refractivity contribution in [3.05, 3.63) is 133 Å². The van der Waals surface area contributed by atoms with E-state index in [1.807, 2.05) is 97.1 Å². The Balaban J connectivity index is 1.71. The number of ether oxygens (including phenoxy) is 1. The number of carbonyl (C=O) groups is 3. The van der Waals surface area contributed by atoms with Gasteiger partial charge in [-0.1, -0.05) is 103 Å². The molecule has 0 aliphatic rings. The summed E-state index contributed by atoms with van der Waals surface area (Å²) in [4.78, 5) is 42.0. The van der Waals surface area contributed by atoms with Gasteiger partial charge in [-0.15, -0.1) is 13.2 Å². The van der Waals surface area contributed by atoms with Gasteiger partial charge in [0, 0.05) is 19.5 Å². The van der Waals surface area contributed by atoms with Crippen molar-refractivity contribution < 1.29 is 24.2 Å². The number of hydrogen-bond acceptors (Lipinski definition) is 5. The Kier molecular flexibility index (Phi) is 16.1. The van der Waals surface area contributed by atoms with E-state index in [9.17, 15) is 19.5 Å². The van der Waals surface area contributed by atoms with E-state index in [1.165, 1.54) is 0 Å². The summed E-state index contributed by atoms with van der Waals surface area (Å²) in [5.74, 6) is -1.81. The molecule has 0 bridgehead atoms. The van der Waals surface area contributed by atoms with Crippen LogP contribution in [0.2, 0.25) is 0 Å². The van der Waals surface area contributed by atoms with Crippen molar-refractivity contribution >= 4 is 17.8 Å². The molecule has 2 N–H and O–H groups in total. The Morgan fingerprint density at radius 1 is 0.804 bits per heavy atom.